The first kappa shape index (κ1) is 28.7. The van der Waals surface area contributed by atoms with Crippen LogP contribution in [0.2, 0.25) is 5.02 Å². The minimum absolute atomic E-state index is 0.0777. The molecule has 0 atom stereocenters. The third-order valence-electron chi connectivity index (χ3n) is 6.05. The average molecular weight is 584 g/mol. The van der Waals surface area contributed by atoms with Crippen molar-refractivity contribution in [2.75, 3.05) is 48.6 Å². The van der Waals surface area contributed by atoms with E-state index in [0.717, 1.165) is 12.1 Å². The highest BCUT2D eigenvalue weighted by Gasteiger charge is 2.31. The Bertz CT molecular complexity index is 1440. The third-order valence-corrected chi connectivity index (χ3v) is 7.62. The number of amides is 1. The Labute approximate surface area is 228 Å². The molecule has 3 N–H and O–H groups in total. The number of benzene rings is 3. The highest BCUT2D eigenvalue weighted by molar-refractivity contribution is 7.92. The second-order valence-corrected chi connectivity index (χ2v) is 11.1. The van der Waals surface area contributed by atoms with E-state index in [-0.39, 0.29) is 33.5 Å². The van der Waals surface area contributed by atoms with Crippen LogP contribution in [0.3, 0.4) is 0 Å². The summed E-state index contributed by atoms with van der Waals surface area (Å²) in [6.45, 7) is 2.67. The Hall–Kier alpha value is -3.32. The molecule has 0 aliphatic carbocycles. The normalized spacial score (nSPS) is 14.7. The summed E-state index contributed by atoms with van der Waals surface area (Å²) in [5, 5.41) is 12.7. The van der Waals surface area contributed by atoms with E-state index < -0.39 is 27.7 Å². The van der Waals surface area contributed by atoms with Gasteiger partial charge in [-0.2, -0.15) is 13.2 Å². The minimum atomic E-state index is -4.51. The molecular weight excluding hydrogens is 559 g/mol. The number of ether oxygens (including phenoxy) is 1. The lowest BCUT2D eigenvalue weighted by Crippen LogP contribution is -2.39. The fourth-order valence-corrected chi connectivity index (χ4v) is 5.31. The van der Waals surface area contributed by atoms with Crippen molar-refractivity contribution in [1.82, 2.24) is 4.90 Å². The van der Waals surface area contributed by atoms with Gasteiger partial charge in [0.25, 0.3) is 5.91 Å². The molecule has 39 heavy (non-hydrogen) atoms. The molecule has 0 bridgehead atoms. The number of anilines is 2. The van der Waals surface area contributed by atoms with Crippen molar-refractivity contribution in [3.63, 3.8) is 0 Å². The molecule has 0 saturated carbocycles. The first-order valence-corrected chi connectivity index (χ1v) is 13.9. The number of hydrogen-bond donors (Lipinski definition) is 3. The number of aromatic hydroxyl groups is 1. The van der Waals surface area contributed by atoms with Crippen molar-refractivity contribution >= 4 is 38.9 Å². The zero-order chi connectivity index (χ0) is 28.2. The number of carbonyl (C=O) groups excluding carboxylic acids is 1. The van der Waals surface area contributed by atoms with Gasteiger partial charge in [0.15, 0.2) is 0 Å². The quantitative estimate of drug-likeness (QED) is 0.253. The summed E-state index contributed by atoms with van der Waals surface area (Å²) in [5.41, 5.74) is 0.424. The number of halogens is 4. The maximum absolute atomic E-state index is 12.9. The van der Waals surface area contributed by atoms with Gasteiger partial charge in [-0.15, -0.1) is 0 Å². The first-order chi connectivity index (χ1) is 18.4. The molecule has 1 amide bonds. The van der Waals surface area contributed by atoms with E-state index >= 15 is 0 Å². The molecule has 1 heterocycles. The number of sulfonamides is 1. The zero-order valence-electron chi connectivity index (χ0n) is 20.5. The molecule has 1 saturated heterocycles. The van der Waals surface area contributed by atoms with E-state index in [9.17, 15) is 31.5 Å². The average Bonchev–Trinajstić information content (AvgIpc) is 2.89. The molecule has 8 nitrogen and oxygen atoms in total. The zero-order valence-corrected chi connectivity index (χ0v) is 22.0. The van der Waals surface area contributed by atoms with Gasteiger partial charge < -0.3 is 15.2 Å². The molecule has 1 fully saturated rings. The molecule has 0 spiro atoms. The van der Waals surface area contributed by atoms with Crippen LogP contribution in [0, 0.1) is 0 Å². The van der Waals surface area contributed by atoms with Crippen LogP contribution in [0.1, 0.15) is 15.9 Å². The number of nitrogens with zero attached hydrogens (tertiary/aromatic N) is 1. The maximum Gasteiger partial charge on any atom is 0.416 e. The van der Waals surface area contributed by atoms with Crippen LogP contribution in [0.5, 0.6) is 5.75 Å². The van der Waals surface area contributed by atoms with Crippen molar-refractivity contribution in [2.45, 2.75) is 6.18 Å². The van der Waals surface area contributed by atoms with Gasteiger partial charge in [-0.1, -0.05) is 29.8 Å². The van der Waals surface area contributed by atoms with Crippen LogP contribution in [-0.4, -0.2) is 62.9 Å². The summed E-state index contributed by atoms with van der Waals surface area (Å²) in [5.74, 6) is -1.01. The highest BCUT2D eigenvalue weighted by Crippen LogP contribution is 2.35. The van der Waals surface area contributed by atoms with Gasteiger partial charge >= 0.3 is 6.18 Å². The Morgan fingerprint density at radius 3 is 2.36 bits per heavy atom. The van der Waals surface area contributed by atoms with E-state index in [1.54, 1.807) is 12.1 Å². The lowest BCUT2D eigenvalue weighted by molar-refractivity contribution is -0.137. The molecule has 1 aliphatic heterocycles. The number of morpholine rings is 1. The molecule has 1 aliphatic rings. The summed E-state index contributed by atoms with van der Waals surface area (Å²) >= 11 is 6.06. The van der Waals surface area contributed by atoms with E-state index in [1.165, 1.54) is 36.4 Å². The number of phenols is 1. The SMILES string of the molecule is O=C(Nc1ccc(O)c(NS(=O)(=O)CCN2CCOCC2)c1)c1ccc(-c2ccc(C(F)(F)F)cc2Cl)cc1. The second kappa shape index (κ2) is 11.8. The van der Waals surface area contributed by atoms with Crippen LogP contribution in [0.4, 0.5) is 24.5 Å². The van der Waals surface area contributed by atoms with Crippen molar-refractivity contribution < 1.29 is 36.2 Å². The van der Waals surface area contributed by atoms with Gasteiger partial charge in [-0.3, -0.25) is 14.4 Å². The topological polar surface area (TPSA) is 108 Å². The standard InChI is InChI=1S/C26H25ClF3N3O5S/c27-22-15-19(26(28,29)30)5-7-21(22)17-1-3-18(4-2-17)25(35)31-20-6-8-24(34)23(16-20)32-39(36,37)14-11-33-9-12-38-13-10-33/h1-8,15-16,32,34H,9-14H2,(H,31,35). The predicted molar refractivity (Wildman–Crippen MR) is 143 cm³/mol. The van der Waals surface area contributed by atoms with Gasteiger partial charge in [0.05, 0.1) is 30.2 Å². The monoisotopic (exact) mass is 583 g/mol. The van der Waals surface area contributed by atoms with E-state index in [4.69, 9.17) is 16.3 Å². The lowest BCUT2D eigenvalue weighted by Gasteiger charge is -2.26. The summed E-state index contributed by atoms with van der Waals surface area (Å²) < 4.78 is 71.4. The summed E-state index contributed by atoms with van der Waals surface area (Å²) in [6.07, 6.45) is -4.51. The first-order valence-electron chi connectivity index (χ1n) is 11.8. The summed E-state index contributed by atoms with van der Waals surface area (Å²) in [4.78, 5) is 14.7. The van der Waals surface area contributed by atoms with E-state index in [1.807, 2.05) is 4.90 Å². The van der Waals surface area contributed by atoms with Gasteiger partial charge in [0, 0.05) is 41.5 Å². The molecule has 0 unspecified atom stereocenters. The number of carbonyl (C=O) groups is 1. The van der Waals surface area contributed by atoms with Gasteiger partial charge in [-0.25, -0.2) is 8.42 Å². The molecule has 3 aromatic carbocycles. The van der Waals surface area contributed by atoms with Gasteiger partial charge in [0.2, 0.25) is 10.0 Å². The van der Waals surface area contributed by atoms with Crippen LogP contribution >= 0.6 is 11.6 Å². The fraction of sp³-hybridized carbons (Fsp3) is 0.269. The van der Waals surface area contributed by atoms with Crippen molar-refractivity contribution in [3.05, 3.63) is 76.8 Å². The minimum Gasteiger partial charge on any atom is -0.506 e. The van der Waals surface area contributed by atoms with Gasteiger partial charge in [0.1, 0.15) is 5.75 Å². The van der Waals surface area contributed by atoms with E-state index in [2.05, 4.69) is 10.0 Å². The molecule has 208 valence electrons. The molecule has 4 rings (SSSR count). The maximum atomic E-state index is 12.9. The van der Waals surface area contributed by atoms with Crippen LogP contribution in [-0.2, 0) is 20.9 Å². The van der Waals surface area contributed by atoms with Gasteiger partial charge in [-0.05, 0) is 48.0 Å². The Morgan fingerprint density at radius 1 is 1.03 bits per heavy atom. The number of rotatable bonds is 8. The summed E-state index contributed by atoms with van der Waals surface area (Å²) in [7, 11) is -3.78. The number of phenolic OH excluding ortho intramolecular Hbond substituents is 1. The van der Waals surface area contributed by atoms with Crippen LogP contribution in [0.15, 0.2) is 60.7 Å². The van der Waals surface area contributed by atoms with Crippen LogP contribution in [0.25, 0.3) is 11.1 Å². The number of nitrogens with one attached hydrogen (secondary N) is 2. The summed E-state index contributed by atoms with van der Waals surface area (Å²) in [6, 6.07) is 13.1. The Kier molecular flexibility index (Phi) is 8.70. The predicted octanol–water partition coefficient (Wildman–Crippen LogP) is 5.06. The van der Waals surface area contributed by atoms with Crippen molar-refractivity contribution in [3.8, 4) is 16.9 Å². The van der Waals surface area contributed by atoms with Crippen molar-refractivity contribution in [2.24, 2.45) is 0 Å². The largest absolute Gasteiger partial charge is 0.506 e. The van der Waals surface area contributed by atoms with E-state index in [0.29, 0.717) is 44.0 Å². The Balaban J connectivity index is 1.41. The fourth-order valence-electron chi connectivity index (χ4n) is 3.92. The molecule has 13 heteroatoms. The molecule has 3 aromatic rings. The number of alkyl halides is 3. The Morgan fingerprint density at radius 2 is 1.72 bits per heavy atom. The smallest absolute Gasteiger partial charge is 0.416 e. The second-order valence-electron chi connectivity index (χ2n) is 8.83. The number of hydrogen-bond acceptors (Lipinski definition) is 6. The van der Waals surface area contributed by atoms with Crippen LogP contribution < -0.4 is 10.0 Å². The highest BCUT2D eigenvalue weighted by atomic mass is 35.5. The molecule has 0 radical (unpaired) electrons. The lowest BCUT2D eigenvalue weighted by atomic mass is 10.0. The third kappa shape index (κ3) is 7.63. The molecular formula is C26H25ClF3N3O5S. The molecule has 0 aromatic heterocycles. The van der Waals surface area contributed by atoms with Crippen molar-refractivity contribution in [1.29, 1.82) is 0 Å².